The van der Waals surface area contributed by atoms with Crippen LogP contribution in [0.2, 0.25) is 0 Å². The van der Waals surface area contributed by atoms with Crippen molar-refractivity contribution in [3.63, 3.8) is 0 Å². The molecule has 0 spiro atoms. The van der Waals surface area contributed by atoms with E-state index in [2.05, 4.69) is 26.2 Å². The molecule has 0 fully saturated rings. The highest BCUT2D eigenvalue weighted by Crippen LogP contribution is 2.27. The van der Waals surface area contributed by atoms with Gasteiger partial charge in [-0.25, -0.2) is 4.98 Å². The van der Waals surface area contributed by atoms with Crippen LogP contribution in [-0.4, -0.2) is 15.8 Å². The molecule has 0 aliphatic heterocycles. The summed E-state index contributed by atoms with van der Waals surface area (Å²) in [6.45, 7) is 1.87. The van der Waals surface area contributed by atoms with Gasteiger partial charge in [0.05, 0.1) is 10.6 Å². The number of nitrogens with zero attached hydrogens (tertiary/aromatic N) is 2. The summed E-state index contributed by atoms with van der Waals surface area (Å²) in [4.78, 5) is 26.1. The van der Waals surface area contributed by atoms with Crippen molar-refractivity contribution in [3.8, 4) is 0 Å². The lowest BCUT2D eigenvalue weighted by molar-refractivity contribution is -0.385. The van der Waals surface area contributed by atoms with E-state index in [1.54, 1.807) is 12.1 Å². The largest absolute Gasteiger partial charge is 0.384 e. The second kappa shape index (κ2) is 5.88. The highest BCUT2D eigenvalue weighted by atomic mass is 79.9. The van der Waals surface area contributed by atoms with Crippen LogP contribution >= 0.6 is 15.9 Å². The fourth-order valence-electron chi connectivity index (χ4n) is 1.73. The van der Waals surface area contributed by atoms with Gasteiger partial charge in [0.15, 0.2) is 0 Å². The Bertz CT molecular complexity index is 733. The van der Waals surface area contributed by atoms with Crippen molar-refractivity contribution in [1.82, 2.24) is 4.98 Å². The molecule has 7 nitrogen and oxygen atoms in total. The second-order valence-corrected chi connectivity index (χ2v) is 5.07. The van der Waals surface area contributed by atoms with Gasteiger partial charge in [-0.2, -0.15) is 0 Å². The molecule has 0 radical (unpaired) electrons. The fraction of sp³-hybridized carbons (Fsp3) is 0.0769. The molecule has 3 N–H and O–H groups in total. The molecule has 0 atom stereocenters. The minimum atomic E-state index is -0.674. The minimum absolute atomic E-state index is 0.0362. The first kappa shape index (κ1) is 14.9. The van der Waals surface area contributed by atoms with Crippen LogP contribution in [0, 0.1) is 17.0 Å². The Balaban J connectivity index is 2.39. The number of aryl methyl sites for hydroxylation is 1. The van der Waals surface area contributed by atoms with Crippen LogP contribution in [0.25, 0.3) is 0 Å². The summed E-state index contributed by atoms with van der Waals surface area (Å²) in [6, 6.07) is 6.50. The van der Waals surface area contributed by atoms with Gasteiger partial charge < -0.3 is 11.1 Å². The number of amides is 1. The number of aromatic nitrogens is 1. The van der Waals surface area contributed by atoms with Crippen LogP contribution in [0.15, 0.2) is 34.9 Å². The molecule has 1 aromatic heterocycles. The Hall–Kier alpha value is -2.48. The number of rotatable bonds is 3. The highest BCUT2D eigenvalue weighted by Gasteiger charge is 2.22. The van der Waals surface area contributed by atoms with Gasteiger partial charge in [-0.05, 0) is 40.5 Å². The number of anilines is 2. The standard InChI is InChI=1S/C13H11BrN4O3/c1-7-3-2-4-9(12(7)14)17-13(19)8-5-11(15)16-6-10(8)18(20)21/h2-6H,1H3,(H2,15,16)(H,17,19). The summed E-state index contributed by atoms with van der Waals surface area (Å²) in [7, 11) is 0. The van der Waals surface area contributed by atoms with Crippen molar-refractivity contribution in [1.29, 1.82) is 0 Å². The van der Waals surface area contributed by atoms with Gasteiger partial charge in [0.2, 0.25) is 0 Å². The topological polar surface area (TPSA) is 111 Å². The summed E-state index contributed by atoms with van der Waals surface area (Å²) in [5.74, 6) is -0.587. The van der Waals surface area contributed by atoms with Crippen LogP contribution in [0.3, 0.4) is 0 Å². The fourth-order valence-corrected chi connectivity index (χ4v) is 2.09. The van der Waals surface area contributed by atoms with Gasteiger partial charge in [0, 0.05) is 4.47 Å². The van der Waals surface area contributed by atoms with E-state index in [9.17, 15) is 14.9 Å². The SMILES string of the molecule is Cc1cccc(NC(=O)c2cc(N)ncc2[N+](=O)[O-])c1Br. The number of hydrogen-bond donors (Lipinski definition) is 2. The Morgan fingerprint density at radius 2 is 2.19 bits per heavy atom. The lowest BCUT2D eigenvalue weighted by Gasteiger charge is -2.09. The first-order valence-corrected chi connectivity index (χ1v) is 6.66. The molecule has 0 unspecified atom stereocenters. The summed E-state index contributed by atoms with van der Waals surface area (Å²) in [5, 5.41) is 13.6. The van der Waals surface area contributed by atoms with Crippen molar-refractivity contribution < 1.29 is 9.72 Å². The number of hydrogen-bond acceptors (Lipinski definition) is 5. The molecule has 1 heterocycles. The molecule has 8 heteroatoms. The van der Waals surface area contributed by atoms with Crippen LogP contribution in [0.5, 0.6) is 0 Å². The van der Waals surface area contributed by atoms with Crippen LogP contribution in [0.4, 0.5) is 17.2 Å². The number of carbonyl (C=O) groups is 1. The molecule has 0 saturated heterocycles. The Kier molecular flexibility index (Phi) is 4.18. The number of nitrogens with two attached hydrogens (primary N) is 1. The maximum atomic E-state index is 12.2. The molecule has 1 amide bonds. The predicted molar refractivity (Wildman–Crippen MR) is 82.1 cm³/mol. The van der Waals surface area contributed by atoms with Crippen LogP contribution < -0.4 is 11.1 Å². The van der Waals surface area contributed by atoms with E-state index in [-0.39, 0.29) is 11.4 Å². The van der Waals surface area contributed by atoms with E-state index in [4.69, 9.17) is 5.73 Å². The summed E-state index contributed by atoms with van der Waals surface area (Å²) in [6.07, 6.45) is 0.968. The number of nitrogen functional groups attached to an aromatic ring is 1. The average molecular weight is 351 g/mol. The highest BCUT2D eigenvalue weighted by molar-refractivity contribution is 9.10. The molecule has 108 valence electrons. The molecule has 0 aliphatic carbocycles. The summed E-state index contributed by atoms with van der Waals surface area (Å²) >= 11 is 3.36. The van der Waals surface area contributed by atoms with Gasteiger partial charge in [-0.1, -0.05) is 12.1 Å². The number of carbonyl (C=O) groups excluding carboxylic acids is 1. The molecule has 0 aliphatic rings. The Labute approximate surface area is 128 Å². The van der Waals surface area contributed by atoms with Crippen molar-refractivity contribution in [2.75, 3.05) is 11.1 Å². The molecular formula is C13H11BrN4O3. The quantitative estimate of drug-likeness (QED) is 0.652. The zero-order valence-electron chi connectivity index (χ0n) is 11.0. The zero-order valence-corrected chi connectivity index (χ0v) is 12.5. The summed E-state index contributed by atoms with van der Waals surface area (Å²) < 4.78 is 0.711. The molecule has 21 heavy (non-hydrogen) atoms. The van der Waals surface area contributed by atoms with Gasteiger partial charge in [0.25, 0.3) is 11.6 Å². The maximum absolute atomic E-state index is 12.2. The van der Waals surface area contributed by atoms with Crippen molar-refractivity contribution in [2.24, 2.45) is 0 Å². The number of nitrogens with one attached hydrogen (secondary N) is 1. The van der Waals surface area contributed by atoms with E-state index < -0.39 is 16.5 Å². The Morgan fingerprint density at radius 3 is 2.86 bits per heavy atom. The van der Waals surface area contributed by atoms with E-state index in [1.807, 2.05) is 13.0 Å². The summed E-state index contributed by atoms with van der Waals surface area (Å²) in [5.41, 5.74) is 6.40. The monoisotopic (exact) mass is 350 g/mol. The number of halogens is 1. The molecule has 1 aromatic carbocycles. The second-order valence-electron chi connectivity index (χ2n) is 4.27. The zero-order chi connectivity index (χ0) is 15.6. The predicted octanol–water partition coefficient (Wildman–Crippen LogP) is 2.90. The smallest absolute Gasteiger partial charge is 0.300 e. The van der Waals surface area contributed by atoms with E-state index >= 15 is 0 Å². The first-order valence-electron chi connectivity index (χ1n) is 5.86. The van der Waals surface area contributed by atoms with Gasteiger partial charge in [-0.15, -0.1) is 0 Å². The molecule has 0 bridgehead atoms. The minimum Gasteiger partial charge on any atom is -0.384 e. The maximum Gasteiger partial charge on any atom is 0.300 e. The third kappa shape index (κ3) is 3.16. The van der Waals surface area contributed by atoms with Crippen LogP contribution in [-0.2, 0) is 0 Å². The average Bonchev–Trinajstić information content (AvgIpc) is 2.43. The van der Waals surface area contributed by atoms with Crippen molar-refractivity contribution >= 4 is 39.0 Å². The lowest BCUT2D eigenvalue weighted by atomic mass is 10.2. The van der Waals surface area contributed by atoms with Gasteiger partial charge in [0.1, 0.15) is 17.6 Å². The molecule has 2 rings (SSSR count). The van der Waals surface area contributed by atoms with Gasteiger partial charge >= 0.3 is 0 Å². The third-order valence-electron chi connectivity index (χ3n) is 2.79. The number of pyridine rings is 1. The number of nitro groups is 1. The van der Waals surface area contributed by atoms with E-state index in [0.717, 1.165) is 11.8 Å². The van der Waals surface area contributed by atoms with Crippen molar-refractivity contribution in [3.05, 3.63) is 56.2 Å². The third-order valence-corrected chi connectivity index (χ3v) is 3.84. The van der Waals surface area contributed by atoms with Crippen LogP contribution in [0.1, 0.15) is 15.9 Å². The van der Waals surface area contributed by atoms with Crippen molar-refractivity contribution in [2.45, 2.75) is 6.92 Å². The first-order chi connectivity index (χ1) is 9.90. The normalized spacial score (nSPS) is 10.2. The molecule has 0 saturated carbocycles. The Morgan fingerprint density at radius 1 is 1.48 bits per heavy atom. The van der Waals surface area contributed by atoms with E-state index in [0.29, 0.717) is 10.2 Å². The molecular weight excluding hydrogens is 340 g/mol. The molecule has 2 aromatic rings. The van der Waals surface area contributed by atoms with E-state index in [1.165, 1.54) is 6.07 Å². The van der Waals surface area contributed by atoms with Gasteiger partial charge in [-0.3, -0.25) is 14.9 Å². The number of benzene rings is 1. The lowest BCUT2D eigenvalue weighted by Crippen LogP contribution is -2.15.